The second-order valence-corrected chi connectivity index (χ2v) is 4.57. The van der Waals surface area contributed by atoms with Crippen molar-refractivity contribution in [1.82, 2.24) is 0 Å². The molecular formula is C11H20O2. The van der Waals surface area contributed by atoms with Crippen LogP contribution >= 0.6 is 0 Å². The van der Waals surface area contributed by atoms with E-state index in [0.717, 1.165) is 6.42 Å². The van der Waals surface area contributed by atoms with Crippen molar-refractivity contribution in [2.45, 2.75) is 46.0 Å². The molecule has 0 aromatic heterocycles. The summed E-state index contributed by atoms with van der Waals surface area (Å²) in [5.74, 6) is 0.228. The predicted molar refractivity (Wildman–Crippen MR) is 52.5 cm³/mol. The molecule has 1 aliphatic rings. The third-order valence-corrected chi connectivity index (χ3v) is 3.18. The molecule has 0 aromatic rings. The zero-order chi connectivity index (χ0) is 9.84. The molecule has 0 saturated heterocycles. The van der Waals surface area contributed by atoms with Crippen molar-refractivity contribution in [2.24, 2.45) is 17.8 Å². The van der Waals surface area contributed by atoms with E-state index in [2.05, 4.69) is 0 Å². The predicted octanol–water partition coefficient (Wildman–Crippen LogP) is 2.92. The van der Waals surface area contributed by atoms with Crippen LogP contribution in [0.1, 0.15) is 46.0 Å². The zero-order valence-corrected chi connectivity index (χ0v) is 8.62. The number of rotatable bonds is 4. The molecule has 1 rings (SSSR count). The SMILES string of the molecule is CC(C)[C@H](CC1CCCC1)C(=O)O. The highest BCUT2D eigenvalue weighted by Crippen LogP contribution is 2.32. The molecule has 1 atom stereocenters. The minimum absolute atomic E-state index is 0.122. The topological polar surface area (TPSA) is 37.3 Å². The summed E-state index contributed by atoms with van der Waals surface area (Å²) in [6.45, 7) is 4.02. The summed E-state index contributed by atoms with van der Waals surface area (Å²) in [4.78, 5) is 10.9. The fourth-order valence-corrected chi connectivity index (χ4v) is 2.26. The second kappa shape index (κ2) is 4.64. The lowest BCUT2D eigenvalue weighted by Crippen LogP contribution is -2.22. The van der Waals surface area contributed by atoms with Gasteiger partial charge >= 0.3 is 5.97 Å². The Morgan fingerprint density at radius 2 is 1.92 bits per heavy atom. The average molecular weight is 184 g/mol. The van der Waals surface area contributed by atoms with Gasteiger partial charge in [0.25, 0.3) is 0 Å². The molecular weight excluding hydrogens is 164 g/mol. The largest absolute Gasteiger partial charge is 0.481 e. The van der Waals surface area contributed by atoms with Gasteiger partial charge < -0.3 is 5.11 Å². The molecule has 2 nitrogen and oxygen atoms in total. The number of aliphatic carboxylic acids is 1. The van der Waals surface area contributed by atoms with Gasteiger partial charge in [-0.3, -0.25) is 4.79 Å². The van der Waals surface area contributed by atoms with E-state index in [9.17, 15) is 4.79 Å². The van der Waals surface area contributed by atoms with Crippen LogP contribution in [0.4, 0.5) is 0 Å². The Kier molecular flexibility index (Phi) is 3.76. The number of hydrogen-bond donors (Lipinski definition) is 1. The lowest BCUT2D eigenvalue weighted by molar-refractivity contribution is -0.144. The van der Waals surface area contributed by atoms with Crippen molar-refractivity contribution in [3.05, 3.63) is 0 Å². The highest BCUT2D eigenvalue weighted by molar-refractivity contribution is 5.70. The maximum absolute atomic E-state index is 10.9. The van der Waals surface area contributed by atoms with Crippen LogP contribution in [0.2, 0.25) is 0 Å². The highest BCUT2D eigenvalue weighted by Gasteiger charge is 2.26. The van der Waals surface area contributed by atoms with Crippen molar-refractivity contribution < 1.29 is 9.90 Å². The third kappa shape index (κ3) is 3.02. The summed E-state index contributed by atoms with van der Waals surface area (Å²) in [6, 6.07) is 0. The van der Waals surface area contributed by atoms with Crippen molar-refractivity contribution in [1.29, 1.82) is 0 Å². The first kappa shape index (κ1) is 10.6. The van der Waals surface area contributed by atoms with Crippen LogP contribution in [-0.2, 0) is 4.79 Å². The Morgan fingerprint density at radius 3 is 2.31 bits per heavy atom. The van der Waals surface area contributed by atoms with Gasteiger partial charge in [-0.05, 0) is 18.3 Å². The first-order valence-corrected chi connectivity index (χ1v) is 5.34. The molecule has 0 unspecified atom stereocenters. The molecule has 76 valence electrons. The van der Waals surface area contributed by atoms with E-state index in [1.54, 1.807) is 0 Å². The molecule has 1 saturated carbocycles. The van der Waals surface area contributed by atoms with Crippen LogP contribution in [0, 0.1) is 17.8 Å². The first-order valence-electron chi connectivity index (χ1n) is 5.34. The van der Waals surface area contributed by atoms with Crippen LogP contribution in [0.5, 0.6) is 0 Å². The second-order valence-electron chi connectivity index (χ2n) is 4.57. The van der Waals surface area contributed by atoms with Crippen molar-refractivity contribution in [2.75, 3.05) is 0 Å². The maximum atomic E-state index is 10.9. The van der Waals surface area contributed by atoms with E-state index in [1.807, 2.05) is 13.8 Å². The van der Waals surface area contributed by atoms with Crippen LogP contribution in [0.25, 0.3) is 0 Å². The summed E-state index contributed by atoms with van der Waals surface area (Å²) in [5, 5.41) is 9.00. The van der Waals surface area contributed by atoms with Gasteiger partial charge in [-0.15, -0.1) is 0 Å². The molecule has 0 radical (unpaired) electrons. The van der Waals surface area contributed by atoms with Gasteiger partial charge in [0, 0.05) is 0 Å². The summed E-state index contributed by atoms with van der Waals surface area (Å²) in [7, 11) is 0. The van der Waals surface area contributed by atoms with Crippen molar-refractivity contribution >= 4 is 5.97 Å². The highest BCUT2D eigenvalue weighted by atomic mass is 16.4. The minimum Gasteiger partial charge on any atom is -0.481 e. The summed E-state index contributed by atoms with van der Waals surface area (Å²) < 4.78 is 0. The molecule has 0 heterocycles. The van der Waals surface area contributed by atoms with Gasteiger partial charge in [-0.1, -0.05) is 39.5 Å². The Labute approximate surface area is 80.3 Å². The molecule has 0 spiro atoms. The average Bonchev–Trinajstić information content (AvgIpc) is 2.50. The van der Waals surface area contributed by atoms with E-state index in [-0.39, 0.29) is 11.8 Å². The fourth-order valence-electron chi connectivity index (χ4n) is 2.26. The smallest absolute Gasteiger partial charge is 0.306 e. The van der Waals surface area contributed by atoms with Crippen molar-refractivity contribution in [3.63, 3.8) is 0 Å². The van der Waals surface area contributed by atoms with Crippen LogP contribution < -0.4 is 0 Å². The Hall–Kier alpha value is -0.530. The van der Waals surface area contributed by atoms with E-state index in [0.29, 0.717) is 5.92 Å². The van der Waals surface area contributed by atoms with Gasteiger partial charge in [-0.2, -0.15) is 0 Å². The molecule has 0 amide bonds. The molecule has 0 aliphatic heterocycles. The Bertz CT molecular complexity index is 169. The van der Waals surface area contributed by atoms with Crippen LogP contribution in [0.3, 0.4) is 0 Å². The standard InChI is InChI=1S/C11H20O2/c1-8(2)10(11(12)13)7-9-5-3-4-6-9/h8-10H,3-7H2,1-2H3,(H,12,13)/t10-/m0/s1. The van der Waals surface area contributed by atoms with E-state index in [4.69, 9.17) is 5.11 Å². The number of carbonyl (C=O) groups is 1. The first-order chi connectivity index (χ1) is 6.11. The molecule has 1 N–H and O–H groups in total. The van der Waals surface area contributed by atoms with Gasteiger partial charge in [0.15, 0.2) is 0 Å². The third-order valence-electron chi connectivity index (χ3n) is 3.18. The molecule has 13 heavy (non-hydrogen) atoms. The zero-order valence-electron chi connectivity index (χ0n) is 8.62. The van der Waals surface area contributed by atoms with E-state index < -0.39 is 5.97 Å². The Balaban J connectivity index is 2.41. The van der Waals surface area contributed by atoms with Gasteiger partial charge in [0.1, 0.15) is 0 Å². The van der Waals surface area contributed by atoms with Crippen LogP contribution in [-0.4, -0.2) is 11.1 Å². The monoisotopic (exact) mass is 184 g/mol. The number of carboxylic acids is 1. The quantitative estimate of drug-likeness (QED) is 0.729. The Morgan fingerprint density at radius 1 is 1.38 bits per heavy atom. The molecule has 1 fully saturated rings. The lowest BCUT2D eigenvalue weighted by Gasteiger charge is -2.19. The van der Waals surface area contributed by atoms with Crippen molar-refractivity contribution in [3.8, 4) is 0 Å². The van der Waals surface area contributed by atoms with Gasteiger partial charge in [-0.25, -0.2) is 0 Å². The van der Waals surface area contributed by atoms with Gasteiger partial charge in [0.05, 0.1) is 5.92 Å². The van der Waals surface area contributed by atoms with E-state index >= 15 is 0 Å². The molecule has 0 bridgehead atoms. The minimum atomic E-state index is -0.609. The number of hydrogen-bond acceptors (Lipinski definition) is 1. The maximum Gasteiger partial charge on any atom is 0.306 e. The molecule has 1 aliphatic carbocycles. The van der Waals surface area contributed by atoms with E-state index in [1.165, 1.54) is 25.7 Å². The number of carboxylic acid groups (broad SMARTS) is 1. The molecule has 0 aromatic carbocycles. The van der Waals surface area contributed by atoms with Crippen LogP contribution in [0.15, 0.2) is 0 Å². The van der Waals surface area contributed by atoms with Gasteiger partial charge in [0.2, 0.25) is 0 Å². The lowest BCUT2D eigenvalue weighted by atomic mass is 9.86. The summed E-state index contributed by atoms with van der Waals surface area (Å²) >= 11 is 0. The fraction of sp³-hybridized carbons (Fsp3) is 0.909. The summed E-state index contributed by atoms with van der Waals surface area (Å²) in [5.41, 5.74) is 0. The molecule has 2 heteroatoms. The normalized spacial score (nSPS) is 20.8. The summed E-state index contributed by atoms with van der Waals surface area (Å²) in [6.07, 6.45) is 5.99.